The molecule has 0 unspecified atom stereocenters. The number of aliphatic hydroxyl groups excluding tert-OH is 1. The van der Waals surface area contributed by atoms with Crippen molar-refractivity contribution in [3.63, 3.8) is 0 Å². The van der Waals surface area contributed by atoms with E-state index in [1.54, 1.807) is 0 Å². The Kier molecular flexibility index (Phi) is 6.31. The molecule has 0 aromatic heterocycles. The van der Waals surface area contributed by atoms with Gasteiger partial charge in [-0.1, -0.05) is 27.7 Å². The molecule has 0 saturated carbocycles. The highest BCUT2D eigenvalue weighted by Gasteiger charge is 2.26. The molecule has 0 aliphatic heterocycles. The van der Waals surface area contributed by atoms with Gasteiger partial charge in [0.2, 0.25) is 10.0 Å². The summed E-state index contributed by atoms with van der Waals surface area (Å²) in [5.74, 6) is -0.219. The highest BCUT2D eigenvalue weighted by molar-refractivity contribution is 7.89. The molecule has 120 valence electrons. The molecule has 1 N–H and O–H groups in total. The van der Waals surface area contributed by atoms with Gasteiger partial charge >= 0.3 is 0 Å². The average Bonchev–Trinajstić information content (AvgIpc) is 2.37. The predicted molar refractivity (Wildman–Crippen MR) is 80.8 cm³/mol. The molecule has 1 aromatic rings. The summed E-state index contributed by atoms with van der Waals surface area (Å²) in [6.45, 7) is 8.10. The molecule has 4 nitrogen and oxygen atoms in total. The third-order valence-corrected chi connectivity index (χ3v) is 4.79. The Bertz CT molecular complexity index is 560. The number of aliphatic hydroxyl groups is 1. The normalized spacial score (nSPS) is 12.6. The van der Waals surface area contributed by atoms with Crippen LogP contribution in [0, 0.1) is 17.7 Å². The maximum absolute atomic E-state index is 13.4. The molecule has 0 aliphatic carbocycles. The van der Waals surface area contributed by atoms with Gasteiger partial charge < -0.3 is 5.11 Å². The summed E-state index contributed by atoms with van der Waals surface area (Å²) in [5, 5.41) is 9.09. The smallest absolute Gasteiger partial charge is 0.243 e. The van der Waals surface area contributed by atoms with Gasteiger partial charge in [0, 0.05) is 18.7 Å². The van der Waals surface area contributed by atoms with Crippen LogP contribution in [0.15, 0.2) is 23.1 Å². The van der Waals surface area contributed by atoms with Gasteiger partial charge in [0.25, 0.3) is 0 Å². The van der Waals surface area contributed by atoms with Gasteiger partial charge in [-0.25, -0.2) is 12.8 Å². The molecule has 0 heterocycles. The molecule has 1 rings (SSSR count). The van der Waals surface area contributed by atoms with E-state index in [2.05, 4.69) is 0 Å². The van der Waals surface area contributed by atoms with E-state index >= 15 is 0 Å². The number of halogens is 1. The molecular formula is C15H24FNO3S. The van der Waals surface area contributed by atoms with Crippen LogP contribution in [0.4, 0.5) is 4.39 Å². The Morgan fingerprint density at radius 2 is 1.67 bits per heavy atom. The first-order chi connectivity index (χ1) is 9.68. The summed E-state index contributed by atoms with van der Waals surface area (Å²) in [7, 11) is -3.68. The topological polar surface area (TPSA) is 57.6 Å². The van der Waals surface area contributed by atoms with E-state index in [0.717, 1.165) is 6.07 Å². The number of nitrogens with zero attached hydrogens (tertiary/aromatic N) is 1. The van der Waals surface area contributed by atoms with Gasteiger partial charge in [-0.2, -0.15) is 4.31 Å². The second kappa shape index (κ2) is 7.33. The monoisotopic (exact) mass is 317 g/mol. The van der Waals surface area contributed by atoms with Crippen molar-refractivity contribution in [2.24, 2.45) is 11.8 Å². The van der Waals surface area contributed by atoms with Crippen LogP contribution in [0.5, 0.6) is 0 Å². The molecule has 1 aromatic carbocycles. The number of hydrogen-bond acceptors (Lipinski definition) is 3. The van der Waals surface area contributed by atoms with Crippen LogP contribution in [0.1, 0.15) is 33.3 Å². The summed E-state index contributed by atoms with van der Waals surface area (Å²) in [4.78, 5) is 0.0225. The maximum Gasteiger partial charge on any atom is 0.243 e. The summed E-state index contributed by atoms with van der Waals surface area (Å²) < 4.78 is 40.2. The Labute approximate surface area is 126 Å². The third-order valence-electron chi connectivity index (χ3n) is 2.96. The number of sulfonamides is 1. The van der Waals surface area contributed by atoms with Gasteiger partial charge in [-0.05, 0) is 30.0 Å². The van der Waals surface area contributed by atoms with Crippen molar-refractivity contribution in [1.29, 1.82) is 0 Å². The van der Waals surface area contributed by atoms with E-state index in [-0.39, 0.29) is 22.3 Å². The van der Waals surface area contributed by atoms with Crippen LogP contribution in [0.2, 0.25) is 0 Å². The van der Waals surface area contributed by atoms with Crippen LogP contribution >= 0.6 is 0 Å². The van der Waals surface area contributed by atoms with Crippen molar-refractivity contribution in [1.82, 2.24) is 4.31 Å². The zero-order valence-corrected chi connectivity index (χ0v) is 13.8. The minimum atomic E-state index is -3.68. The minimum absolute atomic E-state index is 0.00915. The summed E-state index contributed by atoms with van der Waals surface area (Å²) in [6.07, 6.45) is 0. The quantitative estimate of drug-likeness (QED) is 0.841. The minimum Gasteiger partial charge on any atom is -0.392 e. The van der Waals surface area contributed by atoms with Crippen LogP contribution in [-0.2, 0) is 16.6 Å². The van der Waals surface area contributed by atoms with Gasteiger partial charge in [0.15, 0.2) is 0 Å². The summed E-state index contributed by atoms with van der Waals surface area (Å²) >= 11 is 0. The van der Waals surface area contributed by atoms with E-state index in [1.165, 1.54) is 16.4 Å². The lowest BCUT2D eigenvalue weighted by molar-refractivity contribution is 0.275. The molecule has 0 radical (unpaired) electrons. The number of hydrogen-bond donors (Lipinski definition) is 1. The molecule has 0 saturated heterocycles. The zero-order valence-electron chi connectivity index (χ0n) is 13.0. The summed E-state index contributed by atoms with van der Waals surface area (Å²) in [6, 6.07) is 3.54. The largest absolute Gasteiger partial charge is 0.392 e. The first-order valence-corrected chi connectivity index (χ1v) is 8.52. The van der Waals surface area contributed by atoms with E-state index in [9.17, 15) is 12.8 Å². The lowest BCUT2D eigenvalue weighted by Crippen LogP contribution is -2.37. The van der Waals surface area contributed by atoms with Gasteiger partial charge in [-0.15, -0.1) is 0 Å². The molecular weight excluding hydrogens is 293 g/mol. The van der Waals surface area contributed by atoms with Crippen LogP contribution in [-0.4, -0.2) is 30.9 Å². The van der Waals surface area contributed by atoms with Crippen molar-refractivity contribution < 1.29 is 17.9 Å². The van der Waals surface area contributed by atoms with Crippen molar-refractivity contribution in [2.75, 3.05) is 13.1 Å². The fraction of sp³-hybridized carbons (Fsp3) is 0.600. The lowest BCUT2D eigenvalue weighted by Gasteiger charge is -2.25. The van der Waals surface area contributed by atoms with Gasteiger partial charge in [-0.3, -0.25) is 0 Å². The average molecular weight is 317 g/mol. The fourth-order valence-corrected chi connectivity index (χ4v) is 3.89. The highest BCUT2D eigenvalue weighted by atomic mass is 32.2. The Balaban J connectivity index is 3.21. The molecule has 0 bridgehead atoms. The Morgan fingerprint density at radius 3 is 2.10 bits per heavy atom. The Hall–Kier alpha value is -0.980. The van der Waals surface area contributed by atoms with Crippen molar-refractivity contribution in [2.45, 2.75) is 39.2 Å². The second-order valence-electron chi connectivity index (χ2n) is 6.02. The van der Waals surface area contributed by atoms with Crippen LogP contribution in [0.25, 0.3) is 0 Å². The molecule has 21 heavy (non-hydrogen) atoms. The number of rotatable bonds is 7. The standard InChI is InChI=1S/C15H24FNO3S/c1-11(2)8-17(9-12(3)4)21(19,20)14-5-6-15(16)13(7-14)10-18/h5-7,11-12,18H,8-10H2,1-4H3. The highest BCUT2D eigenvalue weighted by Crippen LogP contribution is 2.21. The lowest BCUT2D eigenvalue weighted by atomic mass is 10.2. The molecule has 0 amide bonds. The van der Waals surface area contributed by atoms with Crippen molar-refractivity contribution >= 4 is 10.0 Å². The maximum atomic E-state index is 13.4. The first-order valence-electron chi connectivity index (χ1n) is 7.08. The molecule has 0 fully saturated rings. The number of benzene rings is 1. The van der Waals surface area contributed by atoms with E-state index in [1.807, 2.05) is 27.7 Å². The van der Waals surface area contributed by atoms with Gasteiger partial charge in [0.05, 0.1) is 11.5 Å². The van der Waals surface area contributed by atoms with E-state index in [0.29, 0.717) is 13.1 Å². The van der Waals surface area contributed by atoms with E-state index < -0.39 is 22.4 Å². The van der Waals surface area contributed by atoms with E-state index in [4.69, 9.17) is 5.11 Å². The predicted octanol–water partition coefficient (Wildman–Crippen LogP) is 2.62. The van der Waals surface area contributed by atoms with Crippen molar-refractivity contribution in [3.05, 3.63) is 29.6 Å². The zero-order chi connectivity index (χ0) is 16.2. The van der Waals surface area contributed by atoms with Gasteiger partial charge in [0.1, 0.15) is 5.82 Å². The van der Waals surface area contributed by atoms with Crippen LogP contribution in [0.3, 0.4) is 0 Å². The second-order valence-corrected chi connectivity index (χ2v) is 7.96. The van der Waals surface area contributed by atoms with Crippen molar-refractivity contribution in [3.8, 4) is 0 Å². The third kappa shape index (κ3) is 4.76. The molecule has 6 heteroatoms. The SMILES string of the molecule is CC(C)CN(CC(C)C)S(=O)(=O)c1ccc(F)c(CO)c1. The molecule has 0 spiro atoms. The molecule has 0 atom stereocenters. The fourth-order valence-electron chi connectivity index (χ4n) is 2.07. The first kappa shape index (κ1) is 18.1. The Morgan fingerprint density at radius 1 is 1.14 bits per heavy atom. The molecule has 0 aliphatic rings. The van der Waals surface area contributed by atoms with Crippen LogP contribution < -0.4 is 0 Å². The summed E-state index contributed by atoms with van der Waals surface area (Å²) in [5.41, 5.74) is -0.00915.